The molecule has 2 N–H and O–H groups in total. The second kappa shape index (κ2) is 6.15. The Morgan fingerprint density at radius 2 is 1.70 bits per heavy atom. The fourth-order valence-electron chi connectivity index (χ4n) is 2.06. The Morgan fingerprint density at radius 1 is 1.20 bits per heavy atom. The maximum absolute atomic E-state index is 12.1. The number of hydrogen-bond acceptors (Lipinski definition) is 3. The summed E-state index contributed by atoms with van der Waals surface area (Å²) in [7, 11) is 0. The van der Waals surface area contributed by atoms with E-state index in [0.717, 1.165) is 5.56 Å². The molecule has 0 amide bonds. The van der Waals surface area contributed by atoms with E-state index in [9.17, 15) is 4.79 Å². The predicted octanol–water partition coefficient (Wildman–Crippen LogP) is 3.89. The van der Waals surface area contributed by atoms with Crippen LogP contribution in [0, 0.1) is 0 Å². The van der Waals surface area contributed by atoms with E-state index in [2.05, 4.69) is 0 Å². The molecule has 3 nitrogen and oxygen atoms in total. The van der Waals surface area contributed by atoms with Gasteiger partial charge in [0.25, 0.3) is 0 Å². The van der Waals surface area contributed by atoms with Gasteiger partial charge < -0.3 is 10.5 Å². The summed E-state index contributed by atoms with van der Waals surface area (Å²) in [5, 5.41) is 0.666. The lowest BCUT2D eigenvalue weighted by atomic mass is 9.80. The minimum absolute atomic E-state index is 0.116. The van der Waals surface area contributed by atoms with Crippen LogP contribution in [0.4, 0.5) is 0 Å². The topological polar surface area (TPSA) is 52.3 Å². The number of esters is 1. The second-order valence-electron chi connectivity index (χ2n) is 6.72. The molecule has 0 spiro atoms. The third-order valence-corrected chi connectivity index (χ3v) is 3.21. The number of halogens is 1. The average Bonchev–Trinajstić information content (AvgIpc) is 2.23. The molecule has 1 aromatic carbocycles. The summed E-state index contributed by atoms with van der Waals surface area (Å²) >= 11 is 5.90. The van der Waals surface area contributed by atoms with Gasteiger partial charge in [-0.3, -0.25) is 4.79 Å². The summed E-state index contributed by atoms with van der Waals surface area (Å²) in [6, 6.07) is 7.44. The smallest absolute Gasteiger partial charge is 0.306 e. The number of rotatable bonds is 4. The Morgan fingerprint density at radius 3 is 2.10 bits per heavy atom. The molecule has 1 aromatic rings. The highest BCUT2D eigenvalue weighted by Crippen LogP contribution is 2.31. The Labute approximate surface area is 126 Å². The third-order valence-electron chi connectivity index (χ3n) is 2.96. The Bertz CT molecular complexity index is 455. The van der Waals surface area contributed by atoms with Gasteiger partial charge in [0.15, 0.2) is 0 Å². The van der Waals surface area contributed by atoms with Gasteiger partial charge in [0.1, 0.15) is 5.60 Å². The number of ether oxygens (including phenoxy) is 1. The van der Waals surface area contributed by atoms with Gasteiger partial charge >= 0.3 is 5.97 Å². The largest absolute Gasteiger partial charge is 0.460 e. The summed E-state index contributed by atoms with van der Waals surface area (Å²) in [6.07, 6.45) is 0.252. The number of benzene rings is 1. The van der Waals surface area contributed by atoms with E-state index in [4.69, 9.17) is 22.1 Å². The SMILES string of the molecule is CC(C)(C)OC(=O)CC(c1ccc(Cl)cc1)C(C)(C)N. The first-order valence-corrected chi connectivity index (χ1v) is 7.13. The van der Waals surface area contributed by atoms with Crippen LogP contribution in [0.25, 0.3) is 0 Å². The van der Waals surface area contributed by atoms with E-state index >= 15 is 0 Å². The van der Waals surface area contributed by atoms with Crippen molar-refractivity contribution in [3.63, 3.8) is 0 Å². The van der Waals surface area contributed by atoms with Gasteiger partial charge in [-0.1, -0.05) is 23.7 Å². The standard InChI is InChI=1S/C16H24ClNO2/c1-15(2,3)20-14(19)10-13(16(4,5)18)11-6-8-12(17)9-7-11/h6-9,13H,10,18H2,1-5H3. The fraction of sp³-hybridized carbons (Fsp3) is 0.562. The van der Waals surface area contributed by atoms with Gasteiger partial charge in [0.05, 0.1) is 6.42 Å². The van der Waals surface area contributed by atoms with E-state index in [1.165, 1.54) is 0 Å². The molecule has 4 heteroatoms. The molecule has 20 heavy (non-hydrogen) atoms. The molecule has 0 aliphatic heterocycles. The minimum atomic E-state index is -0.523. The van der Waals surface area contributed by atoms with Crippen molar-refractivity contribution in [3.05, 3.63) is 34.9 Å². The lowest BCUT2D eigenvalue weighted by Gasteiger charge is -2.31. The van der Waals surface area contributed by atoms with Crippen molar-refractivity contribution in [2.75, 3.05) is 0 Å². The number of carbonyl (C=O) groups is 1. The van der Waals surface area contributed by atoms with Crippen molar-refractivity contribution in [1.29, 1.82) is 0 Å². The molecule has 0 aliphatic rings. The van der Waals surface area contributed by atoms with Crippen molar-refractivity contribution in [2.45, 2.75) is 58.1 Å². The van der Waals surface area contributed by atoms with Gasteiger partial charge in [-0.05, 0) is 52.3 Å². The molecule has 0 saturated carbocycles. The van der Waals surface area contributed by atoms with E-state index < -0.39 is 11.1 Å². The zero-order valence-electron chi connectivity index (χ0n) is 12.9. The first-order valence-electron chi connectivity index (χ1n) is 6.75. The number of carbonyl (C=O) groups excluding carboxylic acids is 1. The maximum Gasteiger partial charge on any atom is 0.306 e. The maximum atomic E-state index is 12.1. The van der Waals surface area contributed by atoms with Crippen LogP contribution >= 0.6 is 11.6 Å². The highest BCUT2D eigenvalue weighted by molar-refractivity contribution is 6.30. The minimum Gasteiger partial charge on any atom is -0.460 e. The number of nitrogens with two attached hydrogens (primary N) is 1. The molecule has 1 unspecified atom stereocenters. The summed E-state index contributed by atoms with van der Waals surface area (Å²) in [6.45, 7) is 9.40. The molecule has 0 aromatic heterocycles. The Hall–Kier alpha value is -1.06. The predicted molar refractivity (Wildman–Crippen MR) is 82.9 cm³/mol. The van der Waals surface area contributed by atoms with Gasteiger partial charge in [0, 0.05) is 16.5 Å². The van der Waals surface area contributed by atoms with Gasteiger partial charge in [-0.15, -0.1) is 0 Å². The normalized spacial score (nSPS) is 13.9. The summed E-state index contributed by atoms with van der Waals surface area (Å²) in [5.41, 5.74) is 6.21. The molecule has 1 rings (SSSR count). The molecule has 0 aliphatic carbocycles. The first-order chi connectivity index (χ1) is 8.99. The average molecular weight is 298 g/mol. The van der Waals surface area contributed by atoms with Crippen LogP contribution < -0.4 is 5.73 Å². The molecule has 1 atom stereocenters. The van der Waals surface area contributed by atoms with Crippen LogP contribution in [0.1, 0.15) is 52.5 Å². The molecule has 0 bridgehead atoms. The monoisotopic (exact) mass is 297 g/mol. The lowest BCUT2D eigenvalue weighted by molar-refractivity contribution is -0.155. The van der Waals surface area contributed by atoms with Gasteiger partial charge in [-0.25, -0.2) is 0 Å². The van der Waals surface area contributed by atoms with Crippen molar-refractivity contribution >= 4 is 17.6 Å². The van der Waals surface area contributed by atoms with Crippen molar-refractivity contribution in [1.82, 2.24) is 0 Å². The highest BCUT2D eigenvalue weighted by Gasteiger charge is 2.30. The summed E-state index contributed by atoms with van der Waals surface area (Å²) in [5.74, 6) is -0.356. The third kappa shape index (κ3) is 5.51. The summed E-state index contributed by atoms with van der Waals surface area (Å²) in [4.78, 5) is 12.1. The molecule has 0 radical (unpaired) electrons. The molecule has 0 heterocycles. The van der Waals surface area contributed by atoms with Crippen molar-refractivity contribution in [2.24, 2.45) is 5.73 Å². The molecular weight excluding hydrogens is 274 g/mol. The van der Waals surface area contributed by atoms with Crippen LogP contribution in [0.15, 0.2) is 24.3 Å². The van der Waals surface area contributed by atoms with Crippen molar-refractivity contribution in [3.8, 4) is 0 Å². The van der Waals surface area contributed by atoms with Gasteiger partial charge in [0.2, 0.25) is 0 Å². The lowest BCUT2D eigenvalue weighted by Crippen LogP contribution is -2.41. The fourth-order valence-corrected chi connectivity index (χ4v) is 2.18. The zero-order valence-corrected chi connectivity index (χ0v) is 13.6. The van der Waals surface area contributed by atoms with Crippen LogP contribution in [0.2, 0.25) is 5.02 Å². The first kappa shape index (κ1) is 17.0. The molecule has 0 saturated heterocycles. The van der Waals surface area contributed by atoms with E-state index in [-0.39, 0.29) is 18.3 Å². The van der Waals surface area contributed by atoms with E-state index in [1.54, 1.807) is 0 Å². The summed E-state index contributed by atoms with van der Waals surface area (Å²) < 4.78 is 5.39. The Kier molecular flexibility index (Phi) is 5.22. The van der Waals surface area contributed by atoms with Gasteiger partial charge in [-0.2, -0.15) is 0 Å². The second-order valence-corrected chi connectivity index (χ2v) is 7.15. The molecule has 112 valence electrons. The van der Waals surface area contributed by atoms with E-state index in [1.807, 2.05) is 58.9 Å². The quantitative estimate of drug-likeness (QED) is 0.858. The molecular formula is C16H24ClNO2. The molecule has 0 fully saturated rings. The number of hydrogen-bond donors (Lipinski definition) is 1. The van der Waals surface area contributed by atoms with Crippen LogP contribution in [-0.2, 0) is 9.53 Å². The Balaban J connectivity index is 2.92. The van der Waals surface area contributed by atoms with Crippen LogP contribution in [0.3, 0.4) is 0 Å². The highest BCUT2D eigenvalue weighted by atomic mass is 35.5. The van der Waals surface area contributed by atoms with Crippen LogP contribution in [-0.4, -0.2) is 17.1 Å². The van der Waals surface area contributed by atoms with E-state index in [0.29, 0.717) is 5.02 Å². The van der Waals surface area contributed by atoms with Crippen LogP contribution in [0.5, 0.6) is 0 Å². The zero-order chi connectivity index (χ0) is 15.6. The van der Waals surface area contributed by atoms with Crippen molar-refractivity contribution < 1.29 is 9.53 Å².